The molecule has 1 aliphatic heterocycles. The van der Waals surface area contributed by atoms with Crippen LogP contribution in [0, 0.1) is 17.8 Å². The molecule has 1 heterocycles. The predicted molar refractivity (Wildman–Crippen MR) is 89.6 cm³/mol. The fraction of sp³-hybridized carbons (Fsp3) is 1.00. The first-order valence-electron chi connectivity index (χ1n) is 9.22. The summed E-state index contributed by atoms with van der Waals surface area (Å²) in [6, 6.07) is 0.745. The summed E-state index contributed by atoms with van der Waals surface area (Å²) >= 11 is 0. The van der Waals surface area contributed by atoms with E-state index in [1.807, 2.05) is 0 Å². The highest BCUT2D eigenvalue weighted by atomic mass is 16.5. The summed E-state index contributed by atoms with van der Waals surface area (Å²) in [5.41, 5.74) is 0. The van der Waals surface area contributed by atoms with E-state index >= 15 is 0 Å². The molecule has 0 bridgehead atoms. The summed E-state index contributed by atoms with van der Waals surface area (Å²) in [7, 11) is 2.33. The highest BCUT2D eigenvalue weighted by molar-refractivity contribution is 4.86. The predicted octanol–water partition coefficient (Wildman–Crippen LogP) is 3.15. The van der Waals surface area contributed by atoms with Gasteiger partial charge in [0, 0.05) is 32.3 Å². The van der Waals surface area contributed by atoms with E-state index < -0.39 is 0 Å². The fourth-order valence-corrected chi connectivity index (χ4v) is 4.31. The second kappa shape index (κ2) is 9.12. The van der Waals surface area contributed by atoms with Crippen LogP contribution in [0.5, 0.6) is 0 Å². The molecule has 1 aliphatic carbocycles. The summed E-state index contributed by atoms with van der Waals surface area (Å²) in [6.45, 7) is 10.2. The monoisotopic (exact) mass is 296 g/mol. The van der Waals surface area contributed by atoms with Crippen LogP contribution in [0.2, 0.25) is 0 Å². The van der Waals surface area contributed by atoms with Gasteiger partial charge < -0.3 is 15.0 Å². The van der Waals surface area contributed by atoms with Crippen molar-refractivity contribution in [2.24, 2.45) is 17.8 Å². The van der Waals surface area contributed by atoms with Crippen LogP contribution >= 0.6 is 0 Å². The number of ether oxygens (including phenoxy) is 1. The maximum Gasteiger partial charge on any atom is 0.0469 e. The third kappa shape index (κ3) is 5.54. The highest BCUT2D eigenvalue weighted by Crippen LogP contribution is 2.32. The maximum atomic E-state index is 5.48. The lowest BCUT2D eigenvalue weighted by Gasteiger charge is -2.39. The average Bonchev–Trinajstić information content (AvgIpc) is 2.50. The summed E-state index contributed by atoms with van der Waals surface area (Å²) in [4.78, 5) is 2.60. The summed E-state index contributed by atoms with van der Waals surface area (Å²) in [5, 5.41) is 3.74. The lowest BCUT2D eigenvalue weighted by Crippen LogP contribution is -2.46. The summed E-state index contributed by atoms with van der Waals surface area (Å²) in [5.74, 6) is 2.65. The smallest absolute Gasteiger partial charge is 0.0469 e. The van der Waals surface area contributed by atoms with Crippen molar-refractivity contribution in [3.63, 3.8) is 0 Å². The number of hydrogen-bond acceptors (Lipinski definition) is 3. The van der Waals surface area contributed by atoms with E-state index in [0.29, 0.717) is 0 Å². The number of nitrogens with zero attached hydrogens (tertiary/aromatic N) is 1. The molecule has 3 heteroatoms. The third-order valence-electron chi connectivity index (χ3n) is 5.59. The second-order valence-corrected chi connectivity index (χ2v) is 7.29. The van der Waals surface area contributed by atoms with Crippen LogP contribution in [0.4, 0.5) is 0 Å². The molecular formula is C18H36N2O. The summed E-state index contributed by atoms with van der Waals surface area (Å²) in [6.07, 6.45) is 8.09. The van der Waals surface area contributed by atoms with E-state index in [-0.39, 0.29) is 0 Å². The molecule has 1 N–H and O–H groups in total. The van der Waals surface area contributed by atoms with E-state index in [4.69, 9.17) is 4.74 Å². The van der Waals surface area contributed by atoms with Crippen molar-refractivity contribution in [3.8, 4) is 0 Å². The Kier molecular flexibility index (Phi) is 7.48. The molecular weight excluding hydrogens is 260 g/mol. The molecule has 2 aliphatic rings. The van der Waals surface area contributed by atoms with E-state index in [9.17, 15) is 0 Å². The largest absolute Gasteiger partial charge is 0.381 e. The van der Waals surface area contributed by atoms with Crippen LogP contribution in [0.3, 0.4) is 0 Å². The van der Waals surface area contributed by atoms with Crippen molar-refractivity contribution in [2.45, 2.75) is 58.4 Å². The Balaban J connectivity index is 1.81. The number of rotatable bonds is 7. The zero-order valence-electron chi connectivity index (χ0n) is 14.4. The van der Waals surface area contributed by atoms with E-state index in [2.05, 4.69) is 31.1 Å². The van der Waals surface area contributed by atoms with Crippen molar-refractivity contribution >= 4 is 0 Å². The highest BCUT2D eigenvalue weighted by Gasteiger charge is 2.30. The molecule has 2 fully saturated rings. The van der Waals surface area contributed by atoms with Gasteiger partial charge in [-0.05, 0) is 63.5 Å². The zero-order chi connectivity index (χ0) is 15.1. The first-order valence-corrected chi connectivity index (χ1v) is 9.22. The van der Waals surface area contributed by atoms with Gasteiger partial charge in [-0.1, -0.05) is 20.3 Å². The van der Waals surface area contributed by atoms with Gasteiger partial charge in [-0.15, -0.1) is 0 Å². The van der Waals surface area contributed by atoms with Crippen LogP contribution in [0.25, 0.3) is 0 Å². The molecule has 21 heavy (non-hydrogen) atoms. The molecule has 3 atom stereocenters. The Morgan fingerprint density at radius 1 is 1.00 bits per heavy atom. The fourth-order valence-electron chi connectivity index (χ4n) is 4.31. The topological polar surface area (TPSA) is 24.5 Å². The number of hydrogen-bond donors (Lipinski definition) is 1. The van der Waals surface area contributed by atoms with Gasteiger partial charge in [0.05, 0.1) is 0 Å². The normalized spacial score (nSPS) is 31.7. The second-order valence-electron chi connectivity index (χ2n) is 7.29. The van der Waals surface area contributed by atoms with Gasteiger partial charge >= 0.3 is 0 Å². The molecule has 124 valence electrons. The Morgan fingerprint density at radius 3 is 2.43 bits per heavy atom. The molecule has 0 spiro atoms. The van der Waals surface area contributed by atoms with Gasteiger partial charge in [0.1, 0.15) is 0 Å². The number of nitrogens with one attached hydrogen (secondary N) is 1. The van der Waals surface area contributed by atoms with Gasteiger partial charge in [-0.3, -0.25) is 0 Å². The molecule has 3 nitrogen and oxygen atoms in total. The van der Waals surface area contributed by atoms with Crippen LogP contribution in [-0.2, 0) is 4.74 Å². The average molecular weight is 296 g/mol. The minimum Gasteiger partial charge on any atom is -0.381 e. The van der Waals surface area contributed by atoms with E-state index in [0.717, 1.165) is 43.6 Å². The van der Waals surface area contributed by atoms with Crippen LogP contribution < -0.4 is 5.32 Å². The Bertz CT molecular complexity index is 278. The van der Waals surface area contributed by atoms with Gasteiger partial charge in [-0.25, -0.2) is 0 Å². The van der Waals surface area contributed by atoms with Crippen molar-refractivity contribution in [1.82, 2.24) is 10.2 Å². The van der Waals surface area contributed by atoms with Crippen molar-refractivity contribution < 1.29 is 4.74 Å². The first kappa shape index (κ1) is 17.2. The summed E-state index contributed by atoms with van der Waals surface area (Å²) < 4.78 is 5.48. The molecule has 0 amide bonds. The molecule has 0 aromatic carbocycles. The minimum absolute atomic E-state index is 0.745. The quantitative estimate of drug-likeness (QED) is 0.781. The van der Waals surface area contributed by atoms with Crippen molar-refractivity contribution in [3.05, 3.63) is 0 Å². The lowest BCUT2D eigenvalue weighted by molar-refractivity contribution is 0.0508. The molecule has 1 saturated carbocycles. The molecule has 0 aromatic heterocycles. The molecule has 3 unspecified atom stereocenters. The third-order valence-corrected chi connectivity index (χ3v) is 5.59. The zero-order valence-corrected chi connectivity index (χ0v) is 14.4. The molecule has 2 rings (SSSR count). The standard InChI is InChI=1S/C18H36N2O/c1-4-15-6-7-18(19-5-2)17(12-15)14-20(3)13-16-8-10-21-11-9-16/h15-19H,4-14H2,1-3H3. The van der Waals surface area contributed by atoms with Crippen LogP contribution in [0.1, 0.15) is 52.4 Å². The first-order chi connectivity index (χ1) is 10.2. The molecule has 0 radical (unpaired) electrons. The van der Waals surface area contributed by atoms with Crippen molar-refractivity contribution in [2.75, 3.05) is 39.9 Å². The van der Waals surface area contributed by atoms with E-state index in [1.54, 1.807) is 0 Å². The molecule has 1 saturated heterocycles. The van der Waals surface area contributed by atoms with Gasteiger partial charge in [0.2, 0.25) is 0 Å². The van der Waals surface area contributed by atoms with E-state index in [1.165, 1.54) is 51.6 Å². The van der Waals surface area contributed by atoms with Crippen LogP contribution in [0.15, 0.2) is 0 Å². The Hall–Kier alpha value is -0.120. The Labute approximate surface area is 131 Å². The van der Waals surface area contributed by atoms with Gasteiger partial charge in [-0.2, -0.15) is 0 Å². The van der Waals surface area contributed by atoms with Crippen molar-refractivity contribution in [1.29, 1.82) is 0 Å². The lowest BCUT2D eigenvalue weighted by atomic mass is 9.76. The molecule has 0 aromatic rings. The minimum atomic E-state index is 0.745. The van der Waals surface area contributed by atoms with Gasteiger partial charge in [0.25, 0.3) is 0 Å². The van der Waals surface area contributed by atoms with Crippen LogP contribution in [-0.4, -0.2) is 50.8 Å². The van der Waals surface area contributed by atoms with Gasteiger partial charge in [0.15, 0.2) is 0 Å². The maximum absolute atomic E-state index is 5.48. The SMILES string of the molecule is CCNC1CCC(CC)CC1CN(C)CC1CCOCC1. The Morgan fingerprint density at radius 2 is 1.76 bits per heavy atom.